The number of carbonyl (C=O) groups excluding carboxylic acids is 1. The fraction of sp³-hybridized carbons (Fsp3) is 0.375. The average molecular weight is 488 g/mol. The second-order valence-electron chi connectivity index (χ2n) is 8.58. The lowest BCUT2D eigenvalue weighted by molar-refractivity contribution is 0.177. The van der Waals surface area contributed by atoms with Crippen LogP contribution in [0.4, 0.5) is 13.6 Å². The molecule has 1 saturated heterocycles. The van der Waals surface area contributed by atoms with Gasteiger partial charge in [0.1, 0.15) is 11.6 Å². The van der Waals surface area contributed by atoms with Gasteiger partial charge in [0.2, 0.25) is 0 Å². The van der Waals surface area contributed by atoms with Gasteiger partial charge in [-0.25, -0.2) is 13.6 Å². The van der Waals surface area contributed by atoms with Crippen LogP contribution in [-0.4, -0.2) is 38.8 Å². The number of halogens is 3. The van der Waals surface area contributed by atoms with E-state index in [2.05, 4.69) is 15.5 Å². The second-order valence-corrected chi connectivity index (χ2v) is 9.02. The van der Waals surface area contributed by atoms with Crippen LogP contribution in [-0.2, 0) is 6.54 Å². The summed E-state index contributed by atoms with van der Waals surface area (Å²) in [6.07, 6.45) is 1.89. The number of ether oxygens (including phenoxy) is 1. The Morgan fingerprint density at radius 2 is 1.91 bits per heavy atom. The molecular weight excluding hydrogens is 464 g/mol. The van der Waals surface area contributed by atoms with E-state index in [4.69, 9.17) is 16.3 Å². The van der Waals surface area contributed by atoms with Crippen LogP contribution in [0.3, 0.4) is 0 Å². The predicted molar refractivity (Wildman–Crippen MR) is 122 cm³/mol. The van der Waals surface area contributed by atoms with Crippen LogP contribution in [0.5, 0.6) is 5.75 Å². The first-order valence-corrected chi connectivity index (χ1v) is 11.6. The van der Waals surface area contributed by atoms with Crippen LogP contribution < -0.4 is 10.1 Å². The van der Waals surface area contributed by atoms with Crippen molar-refractivity contribution >= 4 is 17.6 Å². The number of hydrogen-bond donors (Lipinski definition) is 1. The molecule has 2 aliphatic heterocycles. The zero-order valence-corrected chi connectivity index (χ0v) is 19.4. The minimum Gasteiger partial charge on any atom is -0.490 e. The first-order chi connectivity index (χ1) is 16.4. The van der Waals surface area contributed by atoms with Crippen molar-refractivity contribution in [2.75, 3.05) is 13.2 Å². The number of amides is 2. The van der Waals surface area contributed by atoms with Gasteiger partial charge in [-0.2, -0.15) is 0 Å². The molecule has 7 nitrogen and oxygen atoms in total. The molecule has 2 amide bonds. The molecule has 178 valence electrons. The van der Waals surface area contributed by atoms with Gasteiger partial charge in [0.05, 0.1) is 30.8 Å². The highest BCUT2D eigenvalue weighted by molar-refractivity contribution is 6.30. The van der Waals surface area contributed by atoms with Gasteiger partial charge in [0.25, 0.3) is 0 Å². The molecule has 10 heteroatoms. The zero-order valence-electron chi connectivity index (χ0n) is 18.6. The predicted octanol–water partition coefficient (Wildman–Crippen LogP) is 4.94. The fourth-order valence-corrected chi connectivity index (χ4v) is 4.84. The van der Waals surface area contributed by atoms with E-state index in [9.17, 15) is 13.6 Å². The number of nitrogens with zero attached hydrogens (tertiary/aromatic N) is 4. The van der Waals surface area contributed by atoms with E-state index in [1.54, 1.807) is 4.90 Å². The maximum Gasteiger partial charge on any atom is 0.318 e. The van der Waals surface area contributed by atoms with Gasteiger partial charge < -0.3 is 19.5 Å². The number of aryl methyl sites for hydroxylation is 1. The number of carbonyl (C=O) groups is 1. The van der Waals surface area contributed by atoms with Crippen molar-refractivity contribution in [1.82, 2.24) is 25.0 Å². The first kappa shape index (κ1) is 22.6. The lowest BCUT2D eigenvalue weighted by Crippen LogP contribution is -2.43. The van der Waals surface area contributed by atoms with Crippen molar-refractivity contribution in [2.45, 2.75) is 44.8 Å². The number of likely N-dealkylation sites (tertiary alicyclic amines) is 1. The molecular formula is C24H24ClF2N5O2. The standard InChI is InChI=1S/C24H24ClF2N5O2/c1-14-29-30-23(32(14)13-15-4-6-16(25)7-5-15)20-3-2-11-31(20)24(33)28-19-10-12-34-22-18(27)9-8-17(26)21(19)22/h4-9,19-20H,2-3,10-13H2,1H3,(H,28,33). The molecule has 3 aromatic rings. The molecule has 2 aliphatic rings. The largest absolute Gasteiger partial charge is 0.490 e. The Morgan fingerprint density at radius 1 is 1.15 bits per heavy atom. The monoisotopic (exact) mass is 487 g/mol. The van der Waals surface area contributed by atoms with E-state index in [1.807, 2.05) is 35.8 Å². The minimum atomic E-state index is -0.679. The van der Waals surface area contributed by atoms with Crippen LogP contribution in [0.25, 0.3) is 0 Å². The third kappa shape index (κ3) is 4.20. The van der Waals surface area contributed by atoms with Crippen LogP contribution >= 0.6 is 11.6 Å². The number of hydrogen-bond acceptors (Lipinski definition) is 4. The molecule has 2 unspecified atom stereocenters. The third-order valence-corrected chi connectivity index (χ3v) is 6.68. The summed E-state index contributed by atoms with van der Waals surface area (Å²) in [5.41, 5.74) is 1.09. The molecule has 2 aromatic carbocycles. The maximum atomic E-state index is 14.5. The van der Waals surface area contributed by atoms with Gasteiger partial charge in [-0.1, -0.05) is 23.7 Å². The van der Waals surface area contributed by atoms with Gasteiger partial charge in [-0.05, 0) is 49.6 Å². The van der Waals surface area contributed by atoms with Gasteiger partial charge in [0.15, 0.2) is 17.4 Å². The molecule has 0 aliphatic carbocycles. The van der Waals surface area contributed by atoms with E-state index >= 15 is 0 Å². The van der Waals surface area contributed by atoms with E-state index < -0.39 is 17.7 Å². The Balaban J connectivity index is 1.37. The van der Waals surface area contributed by atoms with Crippen molar-refractivity contribution in [2.24, 2.45) is 0 Å². The molecule has 1 N–H and O–H groups in total. The van der Waals surface area contributed by atoms with Crippen LogP contribution in [0.15, 0.2) is 36.4 Å². The molecule has 0 spiro atoms. The molecule has 1 fully saturated rings. The molecule has 0 saturated carbocycles. The van der Waals surface area contributed by atoms with E-state index in [0.29, 0.717) is 30.4 Å². The lowest BCUT2D eigenvalue weighted by atomic mass is 9.99. The topological polar surface area (TPSA) is 72.3 Å². The maximum absolute atomic E-state index is 14.5. The summed E-state index contributed by atoms with van der Waals surface area (Å²) in [6, 6.07) is 8.35. The molecule has 5 rings (SSSR count). The normalized spacial score (nSPS) is 19.6. The Bertz CT molecular complexity index is 1220. The van der Waals surface area contributed by atoms with Crippen molar-refractivity contribution < 1.29 is 18.3 Å². The number of urea groups is 1. The van der Waals surface area contributed by atoms with Crippen molar-refractivity contribution in [3.05, 3.63) is 75.8 Å². The van der Waals surface area contributed by atoms with E-state index in [0.717, 1.165) is 36.4 Å². The summed E-state index contributed by atoms with van der Waals surface area (Å²) in [5.74, 6) is 0.0727. The highest BCUT2D eigenvalue weighted by Crippen LogP contribution is 2.37. The molecule has 0 bridgehead atoms. The molecule has 0 radical (unpaired) electrons. The van der Waals surface area contributed by atoms with Crippen LogP contribution in [0.1, 0.15) is 54.1 Å². The summed E-state index contributed by atoms with van der Waals surface area (Å²) < 4.78 is 36.0. The second kappa shape index (κ2) is 9.21. The summed E-state index contributed by atoms with van der Waals surface area (Å²) >= 11 is 6.01. The van der Waals surface area contributed by atoms with Gasteiger partial charge >= 0.3 is 6.03 Å². The van der Waals surface area contributed by atoms with E-state index in [-0.39, 0.29) is 30.0 Å². The smallest absolute Gasteiger partial charge is 0.318 e. The number of aromatic nitrogens is 3. The zero-order chi connectivity index (χ0) is 23.8. The highest BCUT2D eigenvalue weighted by Gasteiger charge is 2.36. The minimum absolute atomic E-state index is 0.0529. The summed E-state index contributed by atoms with van der Waals surface area (Å²) in [4.78, 5) is 15.0. The first-order valence-electron chi connectivity index (χ1n) is 11.2. The average Bonchev–Trinajstić information content (AvgIpc) is 3.45. The number of rotatable bonds is 4. The van der Waals surface area contributed by atoms with Gasteiger partial charge in [0, 0.05) is 18.0 Å². The van der Waals surface area contributed by atoms with Gasteiger partial charge in [-0.15, -0.1) is 10.2 Å². The van der Waals surface area contributed by atoms with Crippen molar-refractivity contribution in [3.8, 4) is 5.75 Å². The Hall–Kier alpha value is -3.20. The van der Waals surface area contributed by atoms with Gasteiger partial charge in [-0.3, -0.25) is 0 Å². The Morgan fingerprint density at radius 3 is 2.71 bits per heavy atom. The number of fused-ring (bicyclic) bond motifs is 1. The fourth-order valence-electron chi connectivity index (χ4n) is 4.71. The molecule has 3 heterocycles. The SMILES string of the molecule is Cc1nnc(C2CCCN2C(=O)NC2CCOc3c(F)ccc(F)c32)n1Cc1ccc(Cl)cc1. The number of nitrogens with one attached hydrogen (secondary N) is 1. The highest BCUT2D eigenvalue weighted by atomic mass is 35.5. The Labute approximate surface area is 200 Å². The van der Waals surface area contributed by atoms with Crippen LogP contribution in [0, 0.1) is 18.6 Å². The summed E-state index contributed by atoms with van der Waals surface area (Å²) in [7, 11) is 0. The number of benzene rings is 2. The molecule has 1 aromatic heterocycles. The summed E-state index contributed by atoms with van der Waals surface area (Å²) in [5, 5.41) is 12.2. The third-order valence-electron chi connectivity index (χ3n) is 6.42. The summed E-state index contributed by atoms with van der Waals surface area (Å²) in [6.45, 7) is 3.15. The van der Waals surface area contributed by atoms with Crippen molar-refractivity contribution in [3.63, 3.8) is 0 Å². The van der Waals surface area contributed by atoms with Crippen molar-refractivity contribution in [1.29, 1.82) is 0 Å². The molecule has 2 atom stereocenters. The lowest BCUT2D eigenvalue weighted by Gasteiger charge is -2.31. The van der Waals surface area contributed by atoms with Crippen LogP contribution in [0.2, 0.25) is 5.02 Å². The quantitative estimate of drug-likeness (QED) is 0.566. The Kier molecular flexibility index (Phi) is 6.12. The van der Waals surface area contributed by atoms with E-state index in [1.165, 1.54) is 0 Å². The molecule has 34 heavy (non-hydrogen) atoms.